The average molecular weight is 276 g/mol. The summed E-state index contributed by atoms with van der Waals surface area (Å²) in [7, 11) is 2.21. The van der Waals surface area contributed by atoms with Crippen molar-refractivity contribution < 1.29 is 4.74 Å². The van der Waals surface area contributed by atoms with Crippen LogP contribution in [0, 0.1) is 12.8 Å². The van der Waals surface area contributed by atoms with E-state index < -0.39 is 0 Å². The largest absolute Gasteiger partial charge is 0.492 e. The van der Waals surface area contributed by atoms with Gasteiger partial charge in [0.25, 0.3) is 0 Å². The SMILES string of the molecule is Cc1ccc(OCC(C)NCC2CCN(C)CC2)cc1. The number of ether oxygens (including phenoxy) is 1. The van der Waals surface area contributed by atoms with Crippen LogP contribution in [0.1, 0.15) is 25.3 Å². The Balaban J connectivity index is 1.62. The second-order valence-electron chi connectivity index (χ2n) is 6.18. The highest BCUT2D eigenvalue weighted by atomic mass is 16.5. The second-order valence-corrected chi connectivity index (χ2v) is 6.18. The topological polar surface area (TPSA) is 24.5 Å². The van der Waals surface area contributed by atoms with Crippen LogP contribution in [0.25, 0.3) is 0 Å². The Kier molecular flexibility index (Phi) is 5.86. The van der Waals surface area contributed by atoms with Gasteiger partial charge in [0.2, 0.25) is 0 Å². The van der Waals surface area contributed by atoms with Gasteiger partial charge in [0.05, 0.1) is 0 Å². The number of likely N-dealkylation sites (tertiary alicyclic amines) is 1. The highest BCUT2D eigenvalue weighted by Crippen LogP contribution is 2.15. The first-order valence-electron chi connectivity index (χ1n) is 7.75. The van der Waals surface area contributed by atoms with Gasteiger partial charge in [-0.2, -0.15) is 0 Å². The summed E-state index contributed by atoms with van der Waals surface area (Å²) in [6.07, 6.45) is 2.63. The molecule has 0 saturated carbocycles. The smallest absolute Gasteiger partial charge is 0.119 e. The first kappa shape index (κ1) is 15.3. The van der Waals surface area contributed by atoms with Crippen LogP contribution in [0.5, 0.6) is 5.75 Å². The Hall–Kier alpha value is -1.06. The number of nitrogens with one attached hydrogen (secondary N) is 1. The Bertz CT molecular complexity index is 382. The molecule has 3 heteroatoms. The van der Waals surface area contributed by atoms with E-state index in [-0.39, 0.29) is 0 Å². The highest BCUT2D eigenvalue weighted by Gasteiger charge is 2.16. The van der Waals surface area contributed by atoms with E-state index >= 15 is 0 Å². The van der Waals surface area contributed by atoms with Gasteiger partial charge in [0, 0.05) is 6.04 Å². The molecule has 20 heavy (non-hydrogen) atoms. The molecule has 1 saturated heterocycles. The molecule has 1 aliphatic rings. The third-order valence-corrected chi connectivity index (χ3v) is 4.11. The van der Waals surface area contributed by atoms with Crippen molar-refractivity contribution in [3.05, 3.63) is 29.8 Å². The molecule has 0 radical (unpaired) electrons. The maximum Gasteiger partial charge on any atom is 0.119 e. The first-order chi connectivity index (χ1) is 9.63. The zero-order valence-electron chi connectivity index (χ0n) is 13.1. The lowest BCUT2D eigenvalue weighted by Crippen LogP contribution is -2.39. The van der Waals surface area contributed by atoms with Crippen molar-refractivity contribution in [3.8, 4) is 5.75 Å². The van der Waals surface area contributed by atoms with E-state index in [1.807, 2.05) is 12.1 Å². The monoisotopic (exact) mass is 276 g/mol. The number of hydrogen-bond donors (Lipinski definition) is 1. The molecule has 2 rings (SSSR count). The predicted molar refractivity (Wildman–Crippen MR) is 84.4 cm³/mol. The standard InChI is InChI=1S/C17H28N2O/c1-14-4-6-17(7-5-14)20-13-15(2)18-12-16-8-10-19(3)11-9-16/h4-7,15-16,18H,8-13H2,1-3H3. The van der Waals surface area contributed by atoms with Gasteiger partial charge in [-0.3, -0.25) is 0 Å². The summed E-state index contributed by atoms with van der Waals surface area (Å²) in [5.41, 5.74) is 1.27. The number of benzene rings is 1. The fourth-order valence-electron chi connectivity index (χ4n) is 2.55. The molecule has 1 N–H and O–H groups in total. The van der Waals surface area contributed by atoms with E-state index in [9.17, 15) is 0 Å². The summed E-state index contributed by atoms with van der Waals surface area (Å²) in [5.74, 6) is 1.79. The molecule has 1 aromatic carbocycles. The van der Waals surface area contributed by atoms with Crippen molar-refractivity contribution in [2.75, 3.05) is 33.3 Å². The molecule has 0 aliphatic carbocycles. The number of nitrogens with zero attached hydrogens (tertiary/aromatic N) is 1. The molecule has 0 spiro atoms. The van der Waals surface area contributed by atoms with E-state index in [0.29, 0.717) is 6.04 Å². The van der Waals surface area contributed by atoms with Gasteiger partial charge in [-0.05, 0) is 71.4 Å². The molecular formula is C17H28N2O. The molecule has 112 valence electrons. The molecule has 0 bridgehead atoms. The van der Waals surface area contributed by atoms with Gasteiger partial charge in [-0.1, -0.05) is 17.7 Å². The molecule has 1 unspecified atom stereocenters. The molecule has 0 amide bonds. The molecule has 1 aliphatic heterocycles. The zero-order valence-corrected chi connectivity index (χ0v) is 13.1. The first-order valence-corrected chi connectivity index (χ1v) is 7.75. The van der Waals surface area contributed by atoms with Crippen LogP contribution in [-0.4, -0.2) is 44.2 Å². The third kappa shape index (κ3) is 5.14. The van der Waals surface area contributed by atoms with Gasteiger partial charge >= 0.3 is 0 Å². The van der Waals surface area contributed by atoms with Crippen molar-refractivity contribution in [1.82, 2.24) is 10.2 Å². The number of piperidine rings is 1. The van der Waals surface area contributed by atoms with Crippen LogP contribution in [0.15, 0.2) is 24.3 Å². The van der Waals surface area contributed by atoms with Crippen molar-refractivity contribution in [3.63, 3.8) is 0 Å². The highest BCUT2D eigenvalue weighted by molar-refractivity contribution is 5.26. The Morgan fingerprint density at radius 1 is 1.25 bits per heavy atom. The number of aryl methyl sites for hydroxylation is 1. The minimum Gasteiger partial charge on any atom is -0.492 e. The second kappa shape index (κ2) is 7.65. The van der Waals surface area contributed by atoms with Gasteiger partial charge in [0.1, 0.15) is 12.4 Å². The minimum absolute atomic E-state index is 0.399. The molecule has 1 fully saturated rings. The van der Waals surface area contributed by atoms with E-state index in [4.69, 9.17) is 4.74 Å². The van der Waals surface area contributed by atoms with Crippen LogP contribution in [-0.2, 0) is 0 Å². The fourth-order valence-corrected chi connectivity index (χ4v) is 2.55. The quantitative estimate of drug-likeness (QED) is 0.864. The lowest BCUT2D eigenvalue weighted by atomic mass is 9.97. The molecular weight excluding hydrogens is 248 g/mol. The van der Waals surface area contributed by atoms with E-state index in [1.54, 1.807) is 0 Å². The van der Waals surface area contributed by atoms with Gasteiger partial charge in [-0.25, -0.2) is 0 Å². The van der Waals surface area contributed by atoms with Gasteiger partial charge in [0.15, 0.2) is 0 Å². The average Bonchev–Trinajstić information content (AvgIpc) is 2.46. The summed E-state index contributed by atoms with van der Waals surface area (Å²) in [4.78, 5) is 2.42. The zero-order chi connectivity index (χ0) is 14.4. The molecule has 1 heterocycles. The maximum absolute atomic E-state index is 5.81. The van der Waals surface area contributed by atoms with Gasteiger partial charge < -0.3 is 15.0 Å². The minimum atomic E-state index is 0.399. The van der Waals surface area contributed by atoms with Crippen LogP contribution in [0.3, 0.4) is 0 Å². The summed E-state index contributed by atoms with van der Waals surface area (Å²) in [6.45, 7) is 8.61. The molecule has 3 nitrogen and oxygen atoms in total. The van der Waals surface area contributed by atoms with E-state index in [1.165, 1.54) is 31.5 Å². The predicted octanol–water partition coefficient (Wildman–Crippen LogP) is 2.69. The van der Waals surface area contributed by atoms with Crippen LogP contribution < -0.4 is 10.1 Å². The third-order valence-electron chi connectivity index (χ3n) is 4.11. The van der Waals surface area contributed by atoms with Crippen LogP contribution in [0.2, 0.25) is 0 Å². The van der Waals surface area contributed by atoms with Crippen molar-refractivity contribution in [1.29, 1.82) is 0 Å². The normalized spacial score (nSPS) is 18.9. The Labute approximate surface area is 123 Å². The van der Waals surface area contributed by atoms with Crippen LogP contribution in [0.4, 0.5) is 0 Å². The van der Waals surface area contributed by atoms with Crippen molar-refractivity contribution in [2.45, 2.75) is 32.7 Å². The summed E-state index contributed by atoms with van der Waals surface area (Å²) < 4.78 is 5.81. The number of rotatable bonds is 6. The Morgan fingerprint density at radius 3 is 2.55 bits per heavy atom. The van der Waals surface area contributed by atoms with Gasteiger partial charge in [-0.15, -0.1) is 0 Å². The molecule has 1 aromatic rings. The van der Waals surface area contributed by atoms with E-state index in [2.05, 4.69) is 43.2 Å². The van der Waals surface area contributed by atoms with Crippen LogP contribution >= 0.6 is 0 Å². The lowest BCUT2D eigenvalue weighted by molar-refractivity contribution is 0.205. The Morgan fingerprint density at radius 2 is 1.90 bits per heavy atom. The van der Waals surface area contributed by atoms with E-state index in [0.717, 1.165) is 24.8 Å². The molecule has 0 aromatic heterocycles. The lowest BCUT2D eigenvalue weighted by Gasteiger charge is -2.29. The molecule has 1 atom stereocenters. The summed E-state index contributed by atoms with van der Waals surface area (Å²) >= 11 is 0. The fraction of sp³-hybridized carbons (Fsp3) is 0.647. The maximum atomic E-state index is 5.81. The summed E-state index contributed by atoms with van der Waals surface area (Å²) in [6, 6.07) is 8.66. The van der Waals surface area contributed by atoms with Crippen molar-refractivity contribution in [2.24, 2.45) is 5.92 Å². The number of hydrogen-bond acceptors (Lipinski definition) is 3. The summed E-state index contributed by atoms with van der Waals surface area (Å²) in [5, 5.41) is 3.61. The van der Waals surface area contributed by atoms with Crippen molar-refractivity contribution >= 4 is 0 Å².